The van der Waals surface area contributed by atoms with Gasteiger partial charge in [0, 0.05) is 19.0 Å². The Morgan fingerprint density at radius 1 is 1.41 bits per heavy atom. The molecule has 1 rings (SSSR count). The molecule has 2 N–H and O–H groups in total. The minimum Gasteiger partial charge on any atom is -0.355 e. The number of nitrogens with one attached hydrogen (secondary N) is 2. The first-order chi connectivity index (χ1) is 7.95. The van der Waals surface area contributed by atoms with Gasteiger partial charge in [-0.25, -0.2) is 0 Å². The van der Waals surface area contributed by atoms with Gasteiger partial charge in [-0.1, -0.05) is 0 Å². The van der Waals surface area contributed by atoms with E-state index in [1.165, 1.54) is 0 Å². The van der Waals surface area contributed by atoms with Gasteiger partial charge in [-0.05, 0) is 33.1 Å². The average Bonchev–Trinajstić information content (AvgIpc) is 3.07. The van der Waals surface area contributed by atoms with Gasteiger partial charge in [0.25, 0.3) is 0 Å². The summed E-state index contributed by atoms with van der Waals surface area (Å²) in [5.74, 6) is -0.246. The van der Waals surface area contributed by atoms with E-state index in [0.29, 0.717) is 25.4 Å². The molecule has 0 atom stereocenters. The summed E-state index contributed by atoms with van der Waals surface area (Å²) in [6.07, 6.45) is 3.19. The van der Waals surface area contributed by atoms with Gasteiger partial charge in [0.1, 0.15) is 5.41 Å². The Morgan fingerprint density at radius 3 is 2.59 bits per heavy atom. The van der Waals surface area contributed by atoms with Crippen LogP contribution >= 0.6 is 0 Å². The first kappa shape index (κ1) is 13.5. The molecule has 0 heterocycles. The van der Waals surface area contributed by atoms with E-state index in [2.05, 4.69) is 10.6 Å². The molecule has 0 saturated heterocycles. The van der Waals surface area contributed by atoms with E-state index >= 15 is 0 Å². The summed E-state index contributed by atoms with van der Waals surface area (Å²) in [5.41, 5.74) is -1.00. The first-order valence-corrected chi connectivity index (χ1v) is 5.94. The van der Waals surface area contributed by atoms with Crippen LogP contribution in [0.15, 0.2) is 0 Å². The molecule has 0 aliphatic heterocycles. The van der Waals surface area contributed by atoms with E-state index in [9.17, 15) is 9.59 Å². The Bertz CT molecular complexity index is 340. The number of hydrogen-bond donors (Lipinski definition) is 2. The van der Waals surface area contributed by atoms with Gasteiger partial charge in [0.05, 0.1) is 6.07 Å². The number of nitriles is 1. The second-order valence-corrected chi connectivity index (χ2v) is 4.94. The average molecular weight is 237 g/mol. The lowest BCUT2D eigenvalue weighted by molar-refractivity contribution is -0.127. The van der Waals surface area contributed by atoms with E-state index in [-0.39, 0.29) is 11.8 Å². The Morgan fingerprint density at radius 2 is 2.06 bits per heavy atom. The highest BCUT2D eigenvalue weighted by molar-refractivity contribution is 5.84. The van der Waals surface area contributed by atoms with Crippen molar-refractivity contribution in [2.24, 2.45) is 5.41 Å². The monoisotopic (exact) mass is 237 g/mol. The molecule has 17 heavy (non-hydrogen) atoms. The van der Waals surface area contributed by atoms with Gasteiger partial charge in [0.2, 0.25) is 11.8 Å². The number of amides is 2. The topological polar surface area (TPSA) is 82.0 Å². The maximum absolute atomic E-state index is 11.5. The van der Waals surface area contributed by atoms with Crippen molar-refractivity contribution in [3.05, 3.63) is 0 Å². The number of hydrogen-bond acceptors (Lipinski definition) is 3. The van der Waals surface area contributed by atoms with Crippen LogP contribution in [-0.2, 0) is 9.59 Å². The zero-order valence-corrected chi connectivity index (χ0v) is 10.4. The highest BCUT2D eigenvalue weighted by atomic mass is 16.2. The van der Waals surface area contributed by atoms with Gasteiger partial charge in [-0.15, -0.1) is 0 Å². The van der Waals surface area contributed by atoms with Crippen LogP contribution in [0.2, 0.25) is 0 Å². The molecule has 0 radical (unpaired) electrons. The molecular weight excluding hydrogens is 218 g/mol. The minimum absolute atomic E-state index is 0.0429. The second kappa shape index (κ2) is 5.67. The Balaban J connectivity index is 2.09. The molecule has 1 fully saturated rings. The molecular formula is C12H19N3O2. The SMILES string of the molecule is CC(C)(C#N)C(=O)NCCCC(=O)NC1CC1. The summed E-state index contributed by atoms with van der Waals surface area (Å²) in [5, 5.41) is 14.3. The fraction of sp³-hybridized carbons (Fsp3) is 0.750. The third kappa shape index (κ3) is 4.85. The Labute approximate surface area is 102 Å². The third-order valence-corrected chi connectivity index (χ3v) is 2.66. The predicted octanol–water partition coefficient (Wildman–Crippen LogP) is 0.711. The largest absolute Gasteiger partial charge is 0.355 e. The summed E-state index contributed by atoms with van der Waals surface area (Å²) in [4.78, 5) is 22.8. The van der Waals surface area contributed by atoms with Gasteiger partial charge in [0.15, 0.2) is 0 Å². The highest BCUT2D eigenvalue weighted by Gasteiger charge is 2.26. The maximum Gasteiger partial charge on any atom is 0.239 e. The van der Waals surface area contributed by atoms with Crippen LogP contribution in [0.1, 0.15) is 39.5 Å². The molecule has 1 saturated carbocycles. The van der Waals surface area contributed by atoms with Crippen LogP contribution in [0.4, 0.5) is 0 Å². The van der Waals surface area contributed by atoms with E-state index in [1.54, 1.807) is 13.8 Å². The zero-order valence-electron chi connectivity index (χ0n) is 10.4. The number of carbonyl (C=O) groups is 2. The van der Waals surface area contributed by atoms with Crippen LogP contribution in [0, 0.1) is 16.7 Å². The van der Waals surface area contributed by atoms with Gasteiger partial charge >= 0.3 is 0 Å². The first-order valence-electron chi connectivity index (χ1n) is 5.94. The maximum atomic E-state index is 11.5. The summed E-state index contributed by atoms with van der Waals surface area (Å²) in [6.45, 7) is 3.58. The second-order valence-electron chi connectivity index (χ2n) is 4.94. The van der Waals surface area contributed by atoms with Crippen molar-refractivity contribution in [1.82, 2.24) is 10.6 Å². The summed E-state index contributed by atoms with van der Waals surface area (Å²) in [6, 6.07) is 2.32. The summed E-state index contributed by atoms with van der Waals surface area (Å²) in [7, 11) is 0. The Kier molecular flexibility index (Phi) is 4.50. The molecule has 0 aromatic heterocycles. The highest BCUT2D eigenvalue weighted by Crippen LogP contribution is 2.18. The lowest BCUT2D eigenvalue weighted by atomic mass is 9.95. The molecule has 0 spiro atoms. The molecule has 0 unspecified atom stereocenters. The van der Waals surface area contributed by atoms with Gasteiger partial charge in [-0.2, -0.15) is 5.26 Å². The quantitative estimate of drug-likeness (QED) is 0.667. The van der Waals surface area contributed by atoms with Crippen molar-refractivity contribution in [3.8, 4) is 6.07 Å². The van der Waals surface area contributed by atoms with Crippen molar-refractivity contribution < 1.29 is 9.59 Å². The van der Waals surface area contributed by atoms with E-state index < -0.39 is 5.41 Å². The number of rotatable bonds is 6. The standard InChI is InChI=1S/C12H19N3O2/c1-12(2,8-13)11(17)14-7-3-4-10(16)15-9-5-6-9/h9H,3-7H2,1-2H3,(H,14,17)(H,15,16). The lowest BCUT2D eigenvalue weighted by Gasteiger charge is -2.14. The van der Waals surface area contributed by atoms with Crippen LogP contribution in [0.5, 0.6) is 0 Å². The van der Waals surface area contributed by atoms with Gasteiger partial charge < -0.3 is 10.6 Å². The predicted molar refractivity (Wildman–Crippen MR) is 62.8 cm³/mol. The van der Waals surface area contributed by atoms with Crippen molar-refractivity contribution >= 4 is 11.8 Å². The minimum atomic E-state index is -1.00. The fourth-order valence-electron chi connectivity index (χ4n) is 1.25. The molecule has 0 bridgehead atoms. The lowest BCUT2D eigenvalue weighted by Crippen LogP contribution is -2.36. The van der Waals surface area contributed by atoms with Crippen LogP contribution in [0.3, 0.4) is 0 Å². The third-order valence-electron chi connectivity index (χ3n) is 2.66. The molecule has 2 amide bonds. The number of carbonyl (C=O) groups excluding carboxylic acids is 2. The number of nitrogens with zero attached hydrogens (tertiary/aromatic N) is 1. The molecule has 5 heteroatoms. The van der Waals surface area contributed by atoms with Crippen molar-refractivity contribution in [3.63, 3.8) is 0 Å². The molecule has 1 aliphatic rings. The van der Waals surface area contributed by atoms with Crippen LogP contribution < -0.4 is 10.6 Å². The van der Waals surface area contributed by atoms with Crippen molar-refractivity contribution in [2.75, 3.05) is 6.54 Å². The zero-order chi connectivity index (χ0) is 12.9. The smallest absolute Gasteiger partial charge is 0.239 e. The Hall–Kier alpha value is -1.57. The molecule has 1 aliphatic carbocycles. The van der Waals surface area contributed by atoms with Crippen molar-refractivity contribution in [1.29, 1.82) is 5.26 Å². The van der Waals surface area contributed by atoms with E-state index in [1.807, 2.05) is 6.07 Å². The fourth-order valence-corrected chi connectivity index (χ4v) is 1.25. The van der Waals surface area contributed by atoms with Crippen LogP contribution in [0.25, 0.3) is 0 Å². The van der Waals surface area contributed by atoms with Gasteiger partial charge in [-0.3, -0.25) is 9.59 Å². The molecule has 94 valence electrons. The van der Waals surface area contributed by atoms with Crippen molar-refractivity contribution in [2.45, 2.75) is 45.6 Å². The summed E-state index contributed by atoms with van der Waals surface area (Å²) < 4.78 is 0. The molecule has 0 aromatic rings. The summed E-state index contributed by atoms with van der Waals surface area (Å²) >= 11 is 0. The molecule has 5 nitrogen and oxygen atoms in total. The van der Waals surface area contributed by atoms with E-state index in [0.717, 1.165) is 12.8 Å². The molecule has 0 aromatic carbocycles. The van der Waals surface area contributed by atoms with Crippen LogP contribution in [-0.4, -0.2) is 24.4 Å². The van der Waals surface area contributed by atoms with E-state index in [4.69, 9.17) is 5.26 Å². The normalized spacial score (nSPS) is 14.9.